The van der Waals surface area contributed by atoms with Gasteiger partial charge in [0.15, 0.2) is 0 Å². The van der Waals surface area contributed by atoms with Crippen LogP contribution in [0.3, 0.4) is 0 Å². The highest BCUT2D eigenvalue weighted by Crippen LogP contribution is 2.34. The molecule has 0 saturated carbocycles. The van der Waals surface area contributed by atoms with Crippen LogP contribution in [-0.2, 0) is 10.4 Å². The Morgan fingerprint density at radius 3 is 2.25 bits per heavy atom. The zero-order valence-corrected chi connectivity index (χ0v) is 14.0. The Kier molecular flexibility index (Phi) is 5.87. The molecular weight excluding hydrogens is 306 g/mol. The predicted octanol–water partition coefficient (Wildman–Crippen LogP) is 2.28. The van der Waals surface area contributed by atoms with Crippen LogP contribution in [0.25, 0.3) is 0 Å². The largest absolute Gasteiger partial charge is 0.483 e. The lowest BCUT2D eigenvalue weighted by molar-refractivity contribution is -0.122. The number of anilines is 1. The Balaban J connectivity index is 0.000000647. The van der Waals surface area contributed by atoms with Crippen LogP contribution in [-0.4, -0.2) is 39.7 Å². The van der Waals surface area contributed by atoms with E-state index in [9.17, 15) is 5.11 Å². The first kappa shape index (κ1) is 17.9. The van der Waals surface area contributed by atoms with Gasteiger partial charge in [-0.1, -0.05) is 29.8 Å². The van der Waals surface area contributed by atoms with Crippen molar-refractivity contribution in [3.8, 4) is 0 Å². The van der Waals surface area contributed by atoms with Gasteiger partial charge in [-0.2, -0.15) is 0 Å². The van der Waals surface area contributed by atoms with Gasteiger partial charge >= 0.3 is 0 Å². The fourth-order valence-electron chi connectivity index (χ4n) is 2.87. The number of aliphatic hydroxyl groups is 1. The molecule has 6 nitrogen and oxygen atoms in total. The molecule has 1 aromatic carbocycles. The zero-order valence-electron chi connectivity index (χ0n) is 14.0. The summed E-state index contributed by atoms with van der Waals surface area (Å²) in [5.74, 6) is 0.952. The Morgan fingerprint density at radius 1 is 1.12 bits per heavy atom. The number of hydrogen-bond donors (Lipinski definition) is 2. The smallest absolute Gasteiger partial charge is 0.290 e. The third-order valence-corrected chi connectivity index (χ3v) is 4.29. The summed E-state index contributed by atoms with van der Waals surface area (Å²) in [6.45, 7) is 5.40. The van der Waals surface area contributed by atoms with Crippen LogP contribution >= 0.6 is 0 Å². The molecule has 0 aliphatic carbocycles. The Morgan fingerprint density at radius 2 is 1.71 bits per heavy atom. The Labute approximate surface area is 141 Å². The summed E-state index contributed by atoms with van der Waals surface area (Å²) >= 11 is 0. The average Bonchev–Trinajstić information content (AvgIpc) is 2.57. The average molecular weight is 329 g/mol. The highest BCUT2D eigenvalue weighted by Gasteiger charge is 2.34. The normalized spacial score (nSPS) is 16.0. The van der Waals surface area contributed by atoms with Crippen LogP contribution in [0.2, 0.25) is 0 Å². The molecule has 0 amide bonds. The van der Waals surface area contributed by atoms with E-state index in [4.69, 9.17) is 9.90 Å². The van der Waals surface area contributed by atoms with Crippen LogP contribution in [0.4, 0.5) is 5.82 Å². The minimum absolute atomic E-state index is 0.250. The summed E-state index contributed by atoms with van der Waals surface area (Å²) in [5, 5.41) is 17.8. The van der Waals surface area contributed by atoms with Gasteiger partial charge in [0.05, 0.1) is 5.60 Å². The van der Waals surface area contributed by atoms with Gasteiger partial charge in [-0.3, -0.25) is 4.79 Å². The number of hydrogen-bond acceptors (Lipinski definition) is 5. The Hall–Kier alpha value is -2.47. The van der Waals surface area contributed by atoms with Gasteiger partial charge < -0.3 is 15.1 Å². The summed E-state index contributed by atoms with van der Waals surface area (Å²) in [7, 11) is 0. The van der Waals surface area contributed by atoms with E-state index in [1.807, 2.05) is 25.1 Å². The molecule has 3 rings (SSSR count). The van der Waals surface area contributed by atoms with Crippen LogP contribution in [0.5, 0.6) is 0 Å². The molecule has 0 spiro atoms. The van der Waals surface area contributed by atoms with Gasteiger partial charge in [-0.15, -0.1) is 0 Å². The van der Waals surface area contributed by atoms with Crippen molar-refractivity contribution in [2.24, 2.45) is 0 Å². The molecule has 2 aromatic rings. The molecule has 1 aliphatic rings. The van der Waals surface area contributed by atoms with Crippen molar-refractivity contribution in [1.29, 1.82) is 0 Å². The molecule has 0 bridgehead atoms. The number of aromatic nitrogens is 2. The van der Waals surface area contributed by atoms with Gasteiger partial charge in [-0.25, -0.2) is 9.97 Å². The number of rotatable bonds is 2. The summed E-state index contributed by atoms with van der Waals surface area (Å²) in [5.41, 5.74) is 2.49. The van der Waals surface area contributed by atoms with Gasteiger partial charge in [0.2, 0.25) is 0 Å². The molecule has 2 heterocycles. The molecule has 2 N–H and O–H groups in total. The minimum Gasteiger partial charge on any atom is -0.483 e. The molecule has 1 saturated heterocycles. The van der Waals surface area contributed by atoms with E-state index in [0.717, 1.165) is 43.0 Å². The van der Waals surface area contributed by atoms with Crippen molar-refractivity contribution in [2.75, 3.05) is 18.0 Å². The van der Waals surface area contributed by atoms with Crippen LogP contribution in [0.1, 0.15) is 29.7 Å². The fourth-order valence-corrected chi connectivity index (χ4v) is 2.87. The minimum atomic E-state index is -0.716. The Bertz CT molecular complexity index is 665. The van der Waals surface area contributed by atoms with Gasteiger partial charge in [-0.05, 0) is 32.3 Å². The van der Waals surface area contributed by atoms with E-state index >= 15 is 0 Å². The van der Waals surface area contributed by atoms with Gasteiger partial charge in [0.25, 0.3) is 6.47 Å². The summed E-state index contributed by atoms with van der Waals surface area (Å²) in [6.07, 6.45) is 3.05. The van der Waals surface area contributed by atoms with Crippen LogP contribution in [0.15, 0.2) is 36.7 Å². The van der Waals surface area contributed by atoms with Crippen LogP contribution < -0.4 is 4.90 Å². The van der Waals surface area contributed by atoms with Gasteiger partial charge in [0.1, 0.15) is 12.1 Å². The van der Waals surface area contributed by atoms with E-state index in [0.29, 0.717) is 0 Å². The molecule has 6 heteroatoms. The standard InChI is InChI=1S/C17H21N3O.CH2O2/c1-13-3-5-15(6-4-13)17(21)7-9-20(10-8-17)16-11-14(2)18-12-19-16;2-1-3/h3-6,11-12,21H,7-10H2,1-2H3;1H,(H,2,3). The summed E-state index contributed by atoms with van der Waals surface area (Å²) in [4.78, 5) is 19.0. The molecule has 1 fully saturated rings. The fraction of sp³-hybridized carbons (Fsp3) is 0.389. The lowest BCUT2D eigenvalue weighted by Crippen LogP contribution is -2.43. The van der Waals surface area contributed by atoms with Crippen molar-refractivity contribution in [3.63, 3.8) is 0 Å². The topological polar surface area (TPSA) is 86.5 Å². The number of carbonyl (C=O) groups is 1. The summed E-state index contributed by atoms with van der Waals surface area (Å²) in [6, 6.07) is 10.2. The van der Waals surface area contributed by atoms with E-state index in [1.54, 1.807) is 6.33 Å². The maximum Gasteiger partial charge on any atom is 0.290 e. The van der Waals surface area contributed by atoms with Crippen molar-refractivity contribution in [3.05, 3.63) is 53.5 Å². The number of nitrogens with zero attached hydrogens (tertiary/aromatic N) is 3. The monoisotopic (exact) mass is 329 g/mol. The van der Waals surface area contributed by atoms with E-state index < -0.39 is 5.60 Å². The van der Waals surface area contributed by atoms with E-state index in [2.05, 4.69) is 33.9 Å². The lowest BCUT2D eigenvalue weighted by atomic mass is 9.84. The molecule has 0 radical (unpaired) electrons. The number of benzene rings is 1. The quantitative estimate of drug-likeness (QED) is 0.822. The molecule has 24 heavy (non-hydrogen) atoms. The lowest BCUT2D eigenvalue weighted by Gasteiger charge is -2.39. The molecule has 1 aromatic heterocycles. The van der Waals surface area contributed by atoms with E-state index in [-0.39, 0.29) is 6.47 Å². The highest BCUT2D eigenvalue weighted by atomic mass is 16.3. The first-order chi connectivity index (χ1) is 11.5. The summed E-state index contributed by atoms with van der Waals surface area (Å²) < 4.78 is 0. The maximum absolute atomic E-state index is 10.9. The van der Waals surface area contributed by atoms with Crippen molar-refractivity contribution in [1.82, 2.24) is 9.97 Å². The van der Waals surface area contributed by atoms with E-state index in [1.165, 1.54) is 5.56 Å². The molecule has 0 atom stereocenters. The second-order valence-electron chi connectivity index (χ2n) is 6.01. The number of piperidine rings is 1. The molecule has 128 valence electrons. The first-order valence-electron chi connectivity index (χ1n) is 7.89. The second kappa shape index (κ2) is 7.88. The van der Waals surface area contributed by atoms with Crippen molar-refractivity contribution < 1.29 is 15.0 Å². The predicted molar refractivity (Wildman–Crippen MR) is 92.0 cm³/mol. The van der Waals surface area contributed by atoms with Gasteiger partial charge in [0, 0.05) is 24.8 Å². The molecular formula is C18H23N3O3. The molecule has 0 unspecified atom stereocenters. The first-order valence-corrected chi connectivity index (χ1v) is 7.89. The van der Waals surface area contributed by atoms with Crippen molar-refractivity contribution in [2.45, 2.75) is 32.3 Å². The number of carboxylic acid groups (broad SMARTS) is 1. The number of aryl methyl sites for hydroxylation is 2. The third-order valence-electron chi connectivity index (χ3n) is 4.29. The molecule has 1 aliphatic heterocycles. The zero-order chi connectivity index (χ0) is 17.6. The third kappa shape index (κ3) is 4.29. The van der Waals surface area contributed by atoms with Crippen molar-refractivity contribution >= 4 is 12.3 Å². The maximum atomic E-state index is 10.9. The highest BCUT2D eigenvalue weighted by molar-refractivity contribution is 5.40. The van der Waals surface area contributed by atoms with Crippen LogP contribution in [0, 0.1) is 13.8 Å². The SMILES string of the molecule is Cc1ccc(C2(O)CCN(c3cc(C)ncn3)CC2)cc1.O=CO. The second-order valence-corrected chi connectivity index (χ2v) is 6.01.